The van der Waals surface area contributed by atoms with E-state index in [4.69, 9.17) is 11.6 Å². The molecule has 0 bridgehead atoms. The third-order valence-electron chi connectivity index (χ3n) is 1.53. The van der Waals surface area contributed by atoms with Crippen molar-refractivity contribution in [2.75, 3.05) is 0 Å². The van der Waals surface area contributed by atoms with Crippen molar-refractivity contribution in [3.63, 3.8) is 0 Å². The minimum Gasteiger partial charge on any atom is -0.363 e. The third-order valence-corrected chi connectivity index (χ3v) is 1.79. The summed E-state index contributed by atoms with van der Waals surface area (Å²) in [5.74, 6) is -0.113. The summed E-state index contributed by atoms with van der Waals surface area (Å²) in [7, 11) is 0. The van der Waals surface area contributed by atoms with Crippen molar-refractivity contribution in [3.8, 4) is 0 Å². The molecule has 1 aromatic rings. The molecule has 0 fully saturated rings. The van der Waals surface area contributed by atoms with Crippen LogP contribution >= 0.6 is 11.6 Å². The summed E-state index contributed by atoms with van der Waals surface area (Å²) >= 11 is 5.53. The molecule has 0 atom stereocenters. The van der Waals surface area contributed by atoms with E-state index >= 15 is 0 Å². The van der Waals surface area contributed by atoms with E-state index < -0.39 is 0 Å². The summed E-state index contributed by atoms with van der Waals surface area (Å²) in [5, 5.41) is 0. The molecule has 1 heterocycles. The molecule has 0 unspecified atom stereocenters. The number of alkyl halides is 1. The summed E-state index contributed by atoms with van der Waals surface area (Å²) in [6, 6.07) is 1.31. The minimum absolute atomic E-state index is 0.144. The second kappa shape index (κ2) is 3.54. The number of hydrogen-bond donors (Lipinski definition) is 1. The Morgan fingerprint density at radius 1 is 1.67 bits per heavy atom. The molecular formula is C8H8ClNO2. The maximum atomic E-state index is 11.1. The van der Waals surface area contributed by atoms with Gasteiger partial charge in [0.05, 0.1) is 11.4 Å². The molecule has 0 saturated carbocycles. The quantitative estimate of drug-likeness (QED) is 0.558. The van der Waals surface area contributed by atoms with Gasteiger partial charge in [-0.3, -0.25) is 9.59 Å². The van der Waals surface area contributed by atoms with Crippen molar-refractivity contribution in [2.24, 2.45) is 0 Å². The second-order valence-corrected chi connectivity index (χ2v) is 2.65. The largest absolute Gasteiger partial charge is 0.363 e. The van der Waals surface area contributed by atoms with E-state index in [2.05, 4.69) is 4.98 Å². The molecular weight excluding hydrogens is 178 g/mol. The van der Waals surface area contributed by atoms with Gasteiger partial charge >= 0.3 is 0 Å². The van der Waals surface area contributed by atoms with E-state index in [-0.39, 0.29) is 22.7 Å². The predicted molar refractivity (Wildman–Crippen MR) is 46.6 cm³/mol. The number of ketones is 1. The second-order valence-electron chi connectivity index (χ2n) is 2.39. The molecule has 0 radical (unpaired) electrons. The van der Waals surface area contributed by atoms with Crippen LogP contribution in [0.3, 0.4) is 0 Å². The first-order valence-corrected chi connectivity index (χ1v) is 3.97. The number of Topliss-reactive ketones (excluding diaryl/α,β-unsaturated/α-hetero) is 1. The zero-order valence-electron chi connectivity index (χ0n) is 6.56. The average molecular weight is 186 g/mol. The number of rotatable bonds is 2. The first-order valence-electron chi connectivity index (χ1n) is 3.44. The van der Waals surface area contributed by atoms with Gasteiger partial charge in [-0.25, -0.2) is 0 Å². The molecule has 0 aliphatic carbocycles. The monoisotopic (exact) mass is 185 g/mol. The van der Waals surface area contributed by atoms with Crippen molar-refractivity contribution in [2.45, 2.75) is 12.8 Å². The normalized spacial score (nSPS) is 9.83. The molecule has 3 nitrogen and oxygen atoms in total. The fraction of sp³-hybridized carbons (Fsp3) is 0.250. The zero-order valence-corrected chi connectivity index (χ0v) is 7.31. The first kappa shape index (κ1) is 9.00. The highest BCUT2D eigenvalue weighted by Gasteiger charge is 2.09. The van der Waals surface area contributed by atoms with E-state index in [0.717, 1.165) is 0 Å². The Kier molecular flexibility index (Phi) is 2.65. The lowest BCUT2D eigenvalue weighted by atomic mass is 10.1. The van der Waals surface area contributed by atoms with Crippen LogP contribution in [0, 0.1) is 0 Å². The number of carbonyl (C=O) groups is 1. The Labute approximate surface area is 74.4 Å². The van der Waals surface area contributed by atoms with E-state index in [1.165, 1.54) is 19.2 Å². The Bertz CT molecular complexity index is 356. The van der Waals surface area contributed by atoms with Crippen LogP contribution in [0.5, 0.6) is 0 Å². The van der Waals surface area contributed by atoms with E-state index in [1.54, 1.807) is 0 Å². The zero-order chi connectivity index (χ0) is 9.14. The van der Waals surface area contributed by atoms with Gasteiger partial charge in [0.2, 0.25) is 0 Å². The van der Waals surface area contributed by atoms with Gasteiger partial charge in [-0.1, -0.05) is 0 Å². The molecule has 0 spiro atoms. The average Bonchev–Trinajstić information content (AvgIpc) is 2.03. The van der Waals surface area contributed by atoms with E-state index in [0.29, 0.717) is 5.69 Å². The first-order chi connectivity index (χ1) is 5.66. The molecule has 1 N–H and O–H groups in total. The van der Waals surface area contributed by atoms with Crippen molar-refractivity contribution in [1.82, 2.24) is 4.98 Å². The Balaban J connectivity index is 3.40. The van der Waals surface area contributed by atoms with Gasteiger partial charge in [-0.05, 0) is 6.92 Å². The minimum atomic E-state index is -0.281. The SMILES string of the molecule is CC(=O)c1c(CCl)[nH]ccc1=O. The topological polar surface area (TPSA) is 49.9 Å². The maximum absolute atomic E-state index is 11.1. The van der Waals surface area contributed by atoms with E-state index in [9.17, 15) is 9.59 Å². The van der Waals surface area contributed by atoms with E-state index in [1.807, 2.05) is 0 Å². The number of hydrogen-bond acceptors (Lipinski definition) is 2. The predicted octanol–water partition coefficient (Wildman–Crippen LogP) is 1.32. The van der Waals surface area contributed by atoms with Crippen LogP contribution in [0.15, 0.2) is 17.1 Å². The number of pyridine rings is 1. The van der Waals surface area contributed by atoms with Crippen LogP contribution in [-0.2, 0) is 5.88 Å². The highest BCUT2D eigenvalue weighted by Crippen LogP contribution is 2.03. The van der Waals surface area contributed by atoms with Crippen LogP contribution in [0.2, 0.25) is 0 Å². The lowest BCUT2D eigenvalue weighted by molar-refractivity contribution is 0.101. The highest BCUT2D eigenvalue weighted by atomic mass is 35.5. The lowest BCUT2D eigenvalue weighted by Crippen LogP contribution is -2.15. The van der Waals surface area contributed by atoms with Crippen LogP contribution in [0.1, 0.15) is 23.0 Å². The molecule has 1 rings (SSSR count). The molecule has 64 valence electrons. The number of carbonyl (C=O) groups excluding carboxylic acids is 1. The van der Waals surface area contributed by atoms with Crippen LogP contribution in [0.4, 0.5) is 0 Å². The summed E-state index contributed by atoms with van der Waals surface area (Å²) in [4.78, 5) is 24.9. The van der Waals surface area contributed by atoms with Crippen LogP contribution in [-0.4, -0.2) is 10.8 Å². The van der Waals surface area contributed by atoms with Crippen molar-refractivity contribution in [1.29, 1.82) is 0 Å². The summed E-state index contributed by atoms with van der Waals surface area (Å²) < 4.78 is 0. The van der Waals surface area contributed by atoms with Gasteiger partial charge in [0, 0.05) is 18.0 Å². The van der Waals surface area contributed by atoms with Gasteiger partial charge in [0.25, 0.3) is 0 Å². The Hall–Kier alpha value is -1.09. The van der Waals surface area contributed by atoms with Crippen LogP contribution < -0.4 is 5.43 Å². The van der Waals surface area contributed by atoms with Crippen molar-refractivity contribution in [3.05, 3.63) is 33.7 Å². The Morgan fingerprint density at radius 2 is 2.33 bits per heavy atom. The molecule has 0 saturated heterocycles. The number of nitrogens with one attached hydrogen (secondary N) is 1. The highest BCUT2D eigenvalue weighted by molar-refractivity contribution is 6.17. The summed E-state index contributed by atoms with van der Waals surface area (Å²) in [6.07, 6.45) is 1.48. The van der Waals surface area contributed by atoms with Gasteiger partial charge in [-0.2, -0.15) is 0 Å². The molecule has 12 heavy (non-hydrogen) atoms. The van der Waals surface area contributed by atoms with Gasteiger partial charge in [0.1, 0.15) is 0 Å². The van der Waals surface area contributed by atoms with Gasteiger partial charge < -0.3 is 4.98 Å². The van der Waals surface area contributed by atoms with Gasteiger partial charge in [-0.15, -0.1) is 11.6 Å². The third kappa shape index (κ3) is 1.56. The fourth-order valence-corrected chi connectivity index (χ4v) is 1.22. The molecule has 0 aliphatic rings. The fourth-order valence-electron chi connectivity index (χ4n) is 1.01. The van der Waals surface area contributed by atoms with Crippen molar-refractivity contribution >= 4 is 17.4 Å². The lowest BCUT2D eigenvalue weighted by Gasteiger charge is -2.00. The summed E-state index contributed by atoms with van der Waals surface area (Å²) in [5.41, 5.74) is 0.362. The Morgan fingerprint density at radius 3 is 2.75 bits per heavy atom. The molecule has 0 aromatic carbocycles. The van der Waals surface area contributed by atoms with Crippen molar-refractivity contribution < 1.29 is 4.79 Å². The number of aromatic amines is 1. The standard InChI is InChI=1S/C8H8ClNO2/c1-5(11)8-6(4-9)10-3-2-7(8)12/h2-3H,4H2,1H3,(H,10,12). The maximum Gasteiger partial charge on any atom is 0.192 e. The molecule has 0 aliphatic heterocycles. The number of H-pyrrole nitrogens is 1. The molecule has 1 aromatic heterocycles. The van der Waals surface area contributed by atoms with Gasteiger partial charge in [0.15, 0.2) is 11.2 Å². The number of aromatic nitrogens is 1. The summed E-state index contributed by atoms with van der Waals surface area (Å²) in [6.45, 7) is 1.35. The van der Waals surface area contributed by atoms with Crippen LogP contribution in [0.25, 0.3) is 0 Å². The molecule has 0 amide bonds. The smallest absolute Gasteiger partial charge is 0.192 e. The molecule has 4 heteroatoms. The number of halogens is 1.